The first-order valence-corrected chi connectivity index (χ1v) is 8.79. The summed E-state index contributed by atoms with van der Waals surface area (Å²) in [4.78, 5) is 21.7. The maximum Gasteiger partial charge on any atom is 0.226 e. The number of carbonyl (C=O) groups is 1. The van der Waals surface area contributed by atoms with Crippen LogP contribution in [-0.2, 0) is 9.53 Å². The summed E-state index contributed by atoms with van der Waals surface area (Å²) in [5, 5.41) is 6.99. The summed E-state index contributed by atoms with van der Waals surface area (Å²) in [6, 6.07) is 4.30. The number of amides is 1. The Morgan fingerprint density at radius 2 is 2.30 bits per heavy atom. The van der Waals surface area contributed by atoms with E-state index in [-0.39, 0.29) is 17.9 Å². The molecule has 3 heterocycles. The standard InChI is InChI=1S/C16H20N4O2S/c1-9-3-4-14(23-9)11-7-12(11)16(21)20-5-6-22-13(8-20)15-17-10(2)18-19-15/h3-4,11-13H,5-8H2,1-2H3,(H,17,18,19)/t11-,12-,13-/m0/s1. The van der Waals surface area contributed by atoms with E-state index in [1.165, 1.54) is 9.75 Å². The summed E-state index contributed by atoms with van der Waals surface area (Å²) in [7, 11) is 0. The van der Waals surface area contributed by atoms with Crippen molar-refractivity contribution in [1.29, 1.82) is 0 Å². The Morgan fingerprint density at radius 1 is 1.43 bits per heavy atom. The molecule has 1 saturated heterocycles. The predicted octanol–water partition coefficient (Wildman–Crippen LogP) is 2.19. The molecule has 23 heavy (non-hydrogen) atoms. The fourth-order valence-corrected chi connectivity index (χ4v) is 4.24. The number of nitrogens with one attached hydrogen (secondary N) is 1. The van der Waals surface area contributed by atoms with Crippen LogP contribution in [0.3, 0.4) is 0 Å². The molecule has 1 aliphatic carbocycles. The van der Waals surface area contributed by atoms with Crippen LogP contribution in [0.25, 0.3) is 0 Å². The average molecular weight is 332 g/mol. The van der Waals surface area contributed by atoms with Crippen molar-refractivity contribution in [2.24, 2.45) is 5.92 Å². The van der Waals surface area contributed by atoms with E-state index in [0.717, 1.165) is 12.2 Å². The summed E-state index contributed by atoms with van der Waals surface area (Å²) in [6.45, 7) is 5.71. The van der Waals surface area contributed by atoms with Crippen LogP contribution in [0.15, 0.2) is 12.1 Å². The minimum atomic E-state index is -0.223. The van der Waals surface area contributed by atoms with Gasteiger partial charge in [0.05, 0.1) is 13.2 Å². The molecule has 2 aromatic rings. The summed E-state index contributed by atoms with van der Waals surface area (Å²) in [5.41, 5.74) is 0. The quantitative estimate of drug-likeness (QED) is 0.935. The lowest BCUT2D eigenvalue weighted by Crippen LogP contribution is -2.43. The Bertz CT molecular complexity index is 725. The van der Waals surface area contributed by atoms with E-state index in [1.54, 1.807) is 11.3 Å². The van der Waals surface area contributed by atoms with Crippen LogP contribution in [0.1, 0.15) is 39.8 Å². The Kier molecular flexibility index (Phi) is 3.69. The lowest BCUT2D eigenvalue weighted by molar-refractivity contribution is -0.140. The molecule has 3 atom stereocenters. The number of hydrogen-bond acceptors (Lipinski definition) is 5. The number of ether oxygens (including phenoxy) is 1. The number of aromatic amines is 1. The molecule has 6 nitrogen and oxygen atoms in total. The molecule has 0 spiro atoms. The van der Waals surface area contributed by atoms with Gasteiger partial charge >= 0.3 is 0 Å². The maximum absolute atomic E-state index is 12.8. The summed E-state index contributed by atoms with van der Waals surface area (Å²) in [6.07, 6.45) is 0.749. The third-order valence-electron chi connectivity index (χ3n) is 4.51. The molecule has 7 heteroatoms. The fourth-order valence-electron chi connectivity index (χ4n) is 3.18. The molecule has 0 unspecified atom stereocenters. The second-order valence-electron chi connectivity index (χ2n) is 6.32. The highest BCUT2D eigenvalue weighted by Crippen LogP contribution is 2.50. The van der Waals surface area contributed by atoms with Gasteiger partial charge in [-0.3, -0.25) is 9.89 Å². The Morgan fingerprint density at radius 3 is 3.00 bits per heavy atom. The maximum atomic E-state index is 12.8. The molecule has 1 amide bonds. The highest BCUT2D eigenvalue weighted by atomic mass is 32.1. The number of hydrogen-bond donors (Lipinski definition) is 1. The molecular formula is C16H20N4O2S. The van der Waals surface area contributed by atoms with E-state index < -0.39 is 0 Å². The molecule has 1 saturated carbocycles. The van der Waals surface area contributed by atoms with Gasteiger partial charge in [-0.25, -0.2) is 4.98 Å². The molecule has 2 fully saturated rings. The van der Waals surface area contributed by atoms with Crippen LogP contribution < -0.4 is 0 Å². The van der Waals surface area contributed by atoms with Crippen molar-refractivity contribution in [1.82, 2.24) is 20.1 Å². The molecule has 2 aromatic heterocycles. The number of morpholine rings is 1. The van der Waals surface area contributed by atoms with E-state index in [1.807, 2.05) is 11.8 Å². The van der Waals surface area contributed by atoms with Crippen molar-refractivity contribution in [3.8, 4) is 0 Å². The van der Waals surface area contributed by atoms with Gasteiger partial charge in [0.1, 0.15) is 11.9 Å². The van der Waals surface area contributed by atoms with Crippen LogP contribution in [0.2, 0.25) is 0 Å². The van der Waals surface area contributed by atoms with E-state index in [2.05, 4.69) is 34.2 Å². The largest absolute Gasteiger partial charge is 0.366 e. The van der Waals surface area contributed by atoms with E-state index in [4.69, 9.17) is 4.74 Å². The SMILES string of the molecule is Cc1nc([C@@H]2CN(C(=O)[C@H]3C[C@@H]3c3ccc(C)s3)CCO2)n[nH]1. The Balaban J connectivity index is 1.41. The lowest BCUT2D eigenvalue weighted by atomic mass is 10.2. The highest BCUT2D eigenvalue weighted by Gasteiger charge is 2.47. The molecule has 1 N–H and O–H groups in total. The van der Waals surface area contributed by atoms with E-state index in [0.29, 0.717) is 31.4 Å². The van der Waals surface area contributed by atoms with Crippen molar-refractivity contribution in [2.75, 3.05) is 19.7 Å². The van der Waals surface area contributed by atoms with Gasteiger partial charge in [-0.15, -0.1) is 11.3 Å². The monoisotopic (exact) mass is 332 g/mol. The van der Waals surface area contributed by atoms with Crippen LogP contribution in [-0.4, -0.2) is 45.7 Å². The van der Waals surface area contributed by atoms with Gasteiger partial charge in [-0.1, -0.05) is 0 Å². The van der Waals surface area contributed by atoms with Crippen molar-refractivity contribution in [2.45, 2.75) is 32.3 Å². The van der Waals surface area contributed by atoms with Crippen molar-refractivity contribution < 1.29 is 9.53 Å². The molecule has 1 aliphatic heterocycles. The molecule has 122 valence electrons. The molecule has 0 radical (unpaired) electrons. The number of aromatic nitrogens is 3. The lowest BCUT2D eigenvalue weighted by Gasteiger charge is -2.31. The zero-order valence-electron chi connectivity index (χ0n) is 13.3. The third kappa shape index (κ3) is 2.90. The smallest absolute Gasteiger partial charge is 0.226 e. The average Bonchev–Trinajstić information content (AvgIpc) is 3.04. The molecular weight excluding hydrogens is 312 g/mol. The van der Waals surface area contributed by atoms with Crippen molar-refractivity contribution in [3.63, 3.8) is 0 Å². The summed E-state index contributed by atoms with van der Waals surface area (Å²) < 4.78 is 5.74. The first-order valence-electron chi connectivity index (χ1n) is 7.97. The number of carbonyl (C=O) groups excluding carboxylic acids is 1. The van der Waals surface area contributed by atoms with Gasteiger partial charge in [0.2, 0.25) is 5.91 Å². The number of H-pyrrole nitrogens is 1. The van der Waals surface area contributed by atoms with Gasteiger partial charge in [0.25, 0.3) is 0 Å². The van der Waals surface area contributed by atoms with E-state index >= 15 is 0 Å². The zero-order chi connectivity index (χ0) is 16.0. The highest BCUT2D eigenvalue weighted by molar-refractivity contribution is 7.12. The topological polar surface area (TPSA) is 71.1 Å². The van der Waals surface area contributed by atoms with Crippen molar-refractivity contribution in [3.05, 3.63) is 33.5 Å². The minimum Gasteiger partial charge on any atom is -0.366 e. The minimum absolute atomic E-state index is 0.140. The normalized spacial score (nSPS) is 27.2. The number of thiophene rings is 1. The number of aryl methyl sites for hydroxylation is 2. The Labute approximate surface area is 138 Å². The van der Waals surface area contributed by atoms with Gasteiger partial charge in [0, 0.05) is 28.1 Å². The van der Waals surface area contributed by atoms with E-state index in [9.17, 15) is 4.79 Å². The van der Waals surface area contributed by atoms with Gasteiger partial charge < -0.3 is 9.64 Å². The molecule has 0 bridgehead atoms. The second kappa shape index (κ2) is 5.72. The molecule has 2 aliphatic rings. The summed E-state index contributed by atoms with van der Waals surface area (Å²) in [5.74, 6) is 2.21. The second-order valence-corrected chi connectivity index (χ2v) is 7.64. The van der Waals surface area contributed by atoms with Crippen LogP contribution in [0.4, 0.5) is 0 Å². The van der Waals surface area contributed by atoms with Crippen molar-refractivity contribution >= 4 is 17.2 Å². The van der Waals surface area contributed by atoms with Gasteiger partial charge in [-0.05, 0) is 32.4 Å². The van der Waals surface area contributed by atoms with Gasteiger partial charge in [-0.2, -0.15) is 5.10 Å². The number of rotatable bonds is 3. The summed E-state index contributed by atoms with van der Waals surface area (Å²) >= 11 is 1.81. The first-order chi connectivity index (χ1) is 11.1. The van der Waals surface area contributed by atoms with Gasteiger partial charge in [0.15, 0.2) is 5.82 Å². The third-order valence-corrected chi connectivity index (χ3v) is 5.65. The van der Waals surface area contributed by atoms with Crippen LogP contribution >= 0.6 is 11.3 Å². The van der Waals surface area contributed by atoms with Crippen LogP contribution in [0, 0.1) is 19.8 Å². The Hall–Kier alpha value is -1.73. The molecule has 0 aromatic carbocycles. The fraction of sp³-hybridized carbons (Fsp3) is 0.562. The molecule has 4 rings (SSSR count). The number of nitrogens with zero attached hydrogens (tertiary/aromatic N) is 3. The first kappa shape index (κ1) is 14.8. The van der Waals surface area contributed by atoms with Crippen LogP contribution in [0.5, 0.6) is 0 Å². The zero-order valence-corrected chi connectivity index (χ0v) is 14.1. The predicted molar refractivity (Wildman–Crippen MR) is 86.3 cm³/mol.